The summed E-state index contributed by atoms with van der Waals surface area (Å²) in [5.41, 5.74) is 7.61. The van der Waals surface area contributed by atoms with Crippen LogP contribution in [0.5, 0.6) is 0 Å². The van der Waals surface area contributed by atoms with Crippen molar-refractivity contribution in [1.82, 2.24) is 4.98 Å². The molecule has 1 aromatic heterocycles. The molecule has 13 heavy (non-hydrogen) atoms. The van der Waals surface area contributed by atoms with E-state index < -0.39 is 0 Å². The molecule has 2 N–H and O–H groups in total. The van der Waals surface area contributed by atoms with Gasteiger partial charge in [-0.05, 0) is 40.8 Å². The van der Waals surface area contributed by atoms with Gasteiger partial charge in [0, 0.05) is 10.7 Å². The van der Waals surface area contributed by atoms with Crippen molar-refractivity contribution in [1.29, 1.82) is 0 Å². The molecule has 0 radical (unpaired) electrons. The van der Waals surface area contributed by atoms with Crippen LogP contribution >= 0.6 is 15.9 Å². The van der Waals surface area contributed by atoms with Crippen molar-refractivity contribution >= 4 is 21.6 Å². The molecule has 0 aliphatic carbocycles. The van der Waals surface area contributed by atoms with E-state index in [0.717, 1.165) is 28.7 Å². The van der Waals surface area contributed by atoms with E-state index in [1.807, 2.05) is 6.07 Å². The van der Waals surface area contributed by atoms with Crippen LogP contribution in [-0.4, -0.2) is 4.98 Å². The number of anilines is 1. The third kappa shape index (κ3) is 3.35. The van der Waals surface area contributed by atoms with Gasteiger partial charge in [-0.15, -0.1) is 0 Å². The number of pyridine rings is 1. The van der Waals surface area contributed by atoms with E-state index in [0.29, 0.717) is 5.92 Å². The van der Waals surface area contributed by atoms with Gasteiger partial charge in [-0.3, -0.25) is 4.98 Å². The summed E-state index contributed by atoms with van der Waals surface area (Å²) < 4.78 is 0.943. The molecule has 0 spiro atoms. The largest absolute Gasteiger partial charge is 0.397 e. The van der Waals surface area contributed by atoms with Gasteiger partial charge in [-0.25, -0.2) is 0 Å². The SMILES string of the molecule is CC(C)CCc1ncc(Br)cc1N. The smallest absolute Gasteiger partial charge is 0.0633 e. The number of hydrogen-bond donors (Lipinski definition) is 1. The van der Waals surface area contributed by atoms with Crippen LogP contribution < -0.4 is 5.73 Å². The minimum atomic E-state index is 0.699. The average molecular weight is 243 g/mol. The van der Waals surface area contributed by atoms with Crippen LogP contribution in [0.1, 0.15) is 26.0 Å². The molecule has 0 bridgehead atoms. The molecule has 0 fully saturated rings. The Balaban J connectivity index is 2.67. The Labute approximate surface area is 87.7 Å². The summed E-state index contributed by atoms with van der Waals surface area (Å²) in [5, 5.41) is 0. The predicted molar refractivity (Wildman–Crippen MR) is 59.5 cm³/mol. The van der Waals surface area contributed by atoms with Gasteiger partial charge in [-0.1, -0.05) is 13.8 Å². The van der Waals surface area contributed by atoms with Crippen molar-refractivity contribution in [2.24, 2.45) is 5.92 Å². The molecule has 0 atom stereocenters. The van der Waals surface area contributed by atoms with Crippen molar-refractivity contribution in [2.45, 2.75) is 26.7 Å². The molecule has 1 rings (SSSR count). The first kappa shape index (κ1) is 10.5. The molecule has 0 aliphatic heterocycles. The first-order chi connectivity index (χ1) is 6.09. The highest BCUT2D eigenvalue weighted by Gasteiger charge is 2.02. The number of hydrogen-bond acceptors (Lipinski definition) is 2. The summed E-state index contributed by atoms with van der Waals surface area (Å²) in [4.78, 5) is 4.28. The van der Waals surface area contributed by atoms with Gasteiger partial charge in [-0.2, -0.15) is 0 Å². The molecule has 2 nitrogen and oxygen atoms in total. The number of nitrogens with zero attached hydrogens (tertiary/aromatic N) is 1. The number of nitrogen functional groups attached to an aromatic ring is 1. The summed E-state index contributed by atoms with van der Waals surface area (Å²) in [6.45, 7) is 4.41. The van der Waals surface area contributed by atoms with Gasteiger partial charge >= 0.3 is 0 Å². The van der Waals surface area contributed by atoms with Crippen molar-refractivity contribution in [3.8, 4) is 0 Å². The number of aromatic nitrogens is 1. The maximum Gasteiger partial charge on any atom is 0.0633 e. The highest BCUT2D eigenvalue weighted by molar-refractivity contribution is 9.10. The third-order valence-electron chi connectivity index (χ3n) is 1.93. The minimum absolute atomic E-state index is 0.699. The number of nitrogens with two attached hydrogens (primary N) is 1. The van der Waals surface area contributed by atoms with Gasteiger partial charge in [0.2, 0.25) is 0 Å². The molecule has 0 unspecified atom stereocenters. The summed E-state index contributed by atoms with van der Waals surface area (Å²) in [6, 6.07) is 1.91. The molecular formula is C10H15BrN2. The maximum atomic E-state index is 5.82. The maximum absolute atomic E-state index is 5.82. The van der Waals surface area contributed by atoms with Crippen molar-refractivity contribution < 1.29 is 0 Å². The fraction of sp³-hybridized carbons (Fsp3) is 0.500. The lowest BCUT2D eigenvalue weighted by Crippen LogP contribution is -2.00. The van der Waals surface area contributed by atoms with Crippen LogP contribution in [0.4, 0.5) is 5.69 Å². The molecule has 0 aliphatic rings. The Kier molecular flexibility index (Phi) is 3.72. The second-order valence-corrected chi connectivity index (χ2v) is 4.54. The minimum Gasteiger partial charge on any atom is -0.397 e. The average Bonchev–Trinajstić information content (AvgIpc) is 2.02. The normalized spacial score (nSPS) is 10.8. The van der Waals surface area contributed by atoms with E-state index in [4.69, 9.17) is 5.73 Å². The molecule has 0 saturated heterocycles. The quantitative estimate of drug-likeness (QED) is 0.886. The first-order valence-electron chi connectivity index (χ1n) is 4.49. The summed E-state index contributed by atoms with van der Waals surface area (Å²) in [7, 11) is 0. The highest BCUT2D eigenvalue weighted by atomic mass is 79.9. The molecule has 0 saturated carbocycles. The van der Waals surface area contributed by atoms with Gasteiger partial charge in [0.1, 0.15) is 0 Å². The van der Waals surface area contributed by atoms with Crippen molar-refractivity contribution in [3.05, 3.63) is 22.4 Å². The van der Waals surface area contributed by atoms with E-state index in [1.165, 1.54) is 0 Å². The second kappa shape index (κ2) is 4.61. The van der Waals surface area contributed by atoms with E-state index in [9.17, 15) is 0 Å². The molecule has 72 valence electrons. The zero-order valence-electron chi connectivity index (χ0n) is 8.05. The van der Waals surface area contributed by atoms with Gasteiger partial charge < -0.3 is 5.73 Å². The zero-order valence-corrected chi connectivity index (χ0v) is 9.63. The van der Waals surface area contributed by atoms with Crippen LogP contribution in [0.3, 0.4) is 0 Å². The van der Waals surface area contributed by atoms with E-state index in [1.54, 1.807) is 6.20 Å². The lowest BCUT2D eigenvalue weighted by molar-refractivity contribution is 0.582. The summed E-state index contributed by atoms with van der Waals surface area (Å²) >= 11 is 3.33. The fourth-order valence-corrected chi connectivity index (χ4v) is 1.47. The fourth-order valence-electron chi connectivity index (χ4n) is 1.12. The Morgan fingerprint density at radius 2 is 2.23 bits per heavy atom. The van der Waals surface area contributed by atoms with Crippen LogP contribution in [0.25, 0.3) is 0 Å². The highest BCUT2D eigenvalue weighted by Crippen LogP contribution is 2.18. The second-order valence-electron chi connectivity index (χ2n) is 3.62. The molecular weight excluding hydrogens is 228 g/mol. The van der Waals surface area contributed by atoms with Crippen LogP contribution in [-0.2, 0) is 6.42 Å². The summed E-state index contributed by atoms with van der Waals surface area (Å²) in [6.07, 6.45) is 3.90. The van der Waals surface area contributed by atoms with Crippen LogP contribution in [0.15, 0.2) is 16.7 Å². The molecule has 1 aromatic rings. The number of rotatable bonds is 3. The third-order valence-corrected chi connectivity index (χ3v) is 2.36. The lowest BCUT2D eigenvalue weighted by Gasteiger charge is -2.06. The van der Waals surface area contributed by atoms with E-state index in [2.05, 4.69) is 34.8 Å². The topological polar surface area (TPSA) is 38.9 Å². The zero-order chi connectivity index (χ0) is 9.84. The number of halogens is 1. The molecule has 0 aromatic carbocycles. The predicted octanol–water partition coefficient (Wildman–Crippen LogP) is 3.01. The van der Waals surface area contributed by atoms with Gasteiger partial charge in [0.15, 0.2) is 0 Å². The Hall–Kier alpha value is -0.570. The lowest BCUT2D eigenvalue weighted by atomic mass is 10.1. The molecule has 0 amide bonds. The molecule has 1 heterocycles. The van der Waals surface area contributed by atoms with Gasteiger partial charge in [0.05, 0.1) is 11.4 Å². The van der Waals surface area contributed by atoms with Crippen LogP contribution in [0.2, 0.25) is 0 Å². The van der Waals surface area contributed by atoms with E-state index >= 15 is 0 Å². The van der Waals surface area contributed by atoms with E-state index in [-0.39, 0.29) is 0 Å². The Morgan fingerprint density at radius 3 is 2.77 bits per heavy atom. The monoisotopic (exact) mass is 242 g/mol. The first-order valence-corrected chi connectivity index (χ1v) is 5.28. The van der Waals surface area contributed by atoms with Crippen LogP contribution in [0, 0.1) is 5.92 Å². The van der Waals surface area contributed by atoms with Gasteiger partial charge in [0.25, 0.3) is 0 Å². The van der Waals surface area contributed by atoms with Crippen molar-refractivity contribution in [2.75, 3.05) is 5.73 Å². The Morgan fingerprint density at radius 1 is 1.54 bits per heavy atom. The number of aryl methyl sites for hydroxylation is 1. The molecule has 3 heteroatoms. The Bertz CT molecular complexity index is 284. The summed E-state index contributed by atoms with van der Waals surface area (Å²) in [5.74, 6) is 0.699. The standard InChI is InChI=1S/C10H15BrN2/c1-7(2)3-4-10-9(12)5-8(11)6-13-10/h5-7H,3-4,12H2,1-2H3. The van der Waals surface area contributed by atoms with Crippen molar-refractivity contribution in [3.63, 3.8) is 0 Å².